The molecule has 37 heavy (non-hydrogen) atoms. The van der Waals surface area contributed by atoms with Gasteiger partial charge in [-0.15, -0.1) is 0 Å². The Bertz CT molecular complexity index is 1040. The van der Waals surface area contributed by atoms with Gasteiger partial charge in [0.2, 0.25) is 0 Å². The third kappa shape index (κ3) is 8.74. The summed E-state index contributed by atoms with van der Waals surface area (Å²) in [6, 6.07) is 25.6. The molecule has 0 aliphatic rings. The lowest BCUT2D eigenvalue weighted by Crippen LogP contribution is -2.19. The lowest BCUT2D eigenvalue weighted by atomic mass is 10.1. The van der Waals surface area contributed by atoms with Crippen molar-refractivity contribution in [1.82, 2.24) is 0 Å². The van der Waals surface area contributed by atoms with Crippen LogP contribution in [0.4, 0.5) is 17.1 Å². The van der Waals surface area contributed by atoms with Gasteiger partial charge >= 0.3 is 11.9 Å². The van der Waals surface area contributed by atoms with Crippen molar-refractivity contribution >= 4 is 29.0 Å². The molecule has 196 valence electrons. The normalized spacial score (nSPS) is 12.4. The van der Waals surface area contributed by atoms with Gasteiger partial charge in [0, 0.05) is 30.3 Å². The van der Waals surface area contributed by atoms with Crippen LogP contribution in [0.5, 0.6) is 0 Å². The molecule has 0 amide bonds. The predicted octanol–water partition coefficient (Wildman–Crippen LogP) is 6.09. The van der Waals surface area contributed by atoms with Crippen LogP contribution >= 0.6 is 0 Å². The van der Waals surface area contributed by atoms with E-state index in [-0.39, 0.29) is 24.8 Å². The fourth-order valence-electron chi connectivity index (χ4n) is 3.87. The molecule has 0 aliphatic heterocycles. The Morgan fingerprint density at radius 3 is 1.38 bits per heavy atom. The first-order valence-corrected chi connectivity index (χ1v) is 12.5. The molecule has 0 saturated carbocycles. The fraction of sp³-hybridized carbons (Fsp3) is 0.333. The van der Waals surface area contributed by atoms with E-state index >= 15 is 0 Å². The van der Waals surface area contributed by atoms with Crippen molar-refractivity contribution < 1.29 is 28.5 Å². The monoisotopic (exact) mass is 505 g/mol. The second-order valence-corrected chi connectivity index (χ2v) is 8.38. The standard InChI is InChI=1S/C30H35NO6/c1-5-34-22(3)36-29(32)20-24-12-16-27(17-13-24)31(26-10-8-7-9-11-26)28-18-14-25(15-19-28)21-30(33)37-23(4)35-6-2/h7-19,22-23H,5-6,20-21H2,1-4H3. The Kier molecular flexibility index (Phi) is 10.7. The Morgan fingerprint density at radius 1 is 0.622 bits per heavy atom. The molecule has 0 aliphatic carbocycles. The highest BCUT2D eigenvalue weighted by atomic mass is 16.7. The zero-order valence-corrected chi connectivity index (χ0v) is 21.9. The van der Waals surface area contributed by atoms with Crippen molar-refractivity contribution in [1.29, 1.82) is 0 Å². The molecule has 7 heteroatoms. The Morgan fingerprint density at radius 2 is 1.00 bits per heavy atom. The number of hydrogen-bond donors (Lipinski definition) is 0. The van der Waals surface area contributed by atoms with Crippen LogP contribution in [0.1, 0.15) is 38.8 Å². The van der Waals surface area contributed by atoms with Gasteiger partial charge < -0.3 is 23.8 Å². The molecular formula is C30H35NO6. The van der Waals surface area contributed by atoms with Crippen molar-refractivity contribution in [2.24, 2.45) is 0 Å². The van der Waals surface area contributed by atoms with E-state index in [0.717, 1.165) is 28.2 Å². The maximum absolute atomic E-state index is 12.2. The minimum Gasteiger partial charge on any atom is -0.436 e. The molecule has 3 rings (SSSR count). The highest BCUT2D eigenvalue weighted by Gasteiger charge is 2.15. The summed E-state index contributed by atoms with van der Waals surface area (Å²) < 4.78 is 21.1. The van der Waals surface area contributed by atoms with Gasteiger partial charge in [0.15, 0.2) is 12.6 Å². The van der Waals surface area contributed by atoms with Crippen LogP contribution in [-0.4, -0.2) is 37.7 Å². The van der Waals surface area contributed by atoms with Gasteiger partial charge in [0.25, 0.3) is 0 Å². The number of ether oxygens (including phenoxy) is 4. The lowest BCUT2D eigenvalue weighted by Gasteiger charge is -2.26. The molecule has 0 radical (unpaired) electrons. The summed E-state index contributed by atoms with van der Waals surface area (Å²) >= 11 is 0. The van der Waals surface area contributed by atoms with Gasteiger partial charge in [-0.2, -0.15) is 0 Å². The largest absolute Gasteiger partial charge is 0.436 e. The molecule has 0 N–H and O–H groups in total. The van der Waals surface area contributed by atoms with Crippen molar-refractivity contribution in [2.75, 3.05) is 18.1 Å². The number of carbonyl (C=O) groups is 2. The van der Waals surface area contributed by atoms with Gasteiger partial charge in [-0.05, 0) is 75.2 Å². The molecule has 0 spiro atoms. The summed E-state index contributed by atoms with van der Waals surface area (Å²) in [6.45, 7) is 8.09. The lowest BCUT2D eigenvalue weighted by molar-refractivity contribution is -0.174. The van der Waals surface area contributed by atoms with Crippen LogP contribution in [0.3, 0.4) is 0 Å². The van der Waals surface area contributed by atoms with E-state index in [1.54, 1.807) is 13.8 Å². The Labute approximate surface area is 218 Å². The molecule has 0 saturated heterocycles. The Balaban J connectivity index is 1.75. The minimum absolute atomic E-state index is 0.162. The number of benzene rings is 3. The van der Waals surface area contributed by atoms with Crippen LogP contribution in [0.15, 0.2) is 78.9 Å². The number of rotatable bonds is 13. The second kappa shape index (κ2) is 14.2. The molecule has 0 heterocycles. The number of nitrogens with zero attached hydrogens (tertiary/aromatic N) is 1. The van der Waals surface area contributed by atoms with Crippen molar-refractivity contribution in [3.63, 3.8) is 0 Å². The van der Waals surface area contributed by atoms with Gasteiger partial charge in [-0.3, -0.25) is 9.59 Å². The zero-order chi connectivity index (χ0) is 26.6. The van der Waals surface area contributed by atoms with Gasteiger partial charge in [0.05, 0.1) is 12.8 Å². The second-order valence-electron chi connectivity index (χ2n) is 8.38. The molecule has 3 aromatic carbocycles. The predicted molar refractivity (Wildman–Crippen MR) is 143 cm³/mol. The number of para-hydroxylation sites is 1. The molecule has 2 unspecified atom stereocenters. The molecule has 0 bridgehead atoms. The number of hydrogen-bond acceptors (Lipinski definition) is 7. The molecule has 2 atom stereocenters. The van der Waals surface area contributed by atoms with E-state index in [9.17, 15) is 9.59 Å². The summed E-state index contributed by atoms with van der Waals surface area (Å²) in [5, 5.41) is 0. The number of carbonyl (C=O) groups excluding carboxylic acids is 2. The van der Waals surface area contributed by atoms with E-state index in [1.165, 1.54) is 0 Å². The summed E-state index contributed by atoms with van der Waals surface area (Å²) in [7, 11) is 0. The zero-order valence-electron chi connectivity index (χ0n) is 21.9. The number of anilines is 3. The first kappa shape index (κ1) is 27.9. The molecule has 7 nitrogen and oxygen atoms in total. The molecule has 0 aromatic heterocycles. The van der Waals surface area contributed by atoms with Crippen LogP contribution in [-0.2, 0) is 41.4 Å². The Hall–Kier alpha value is -3.68. The first-order valence-electron chi connectivity index (χ1n) is 12.5. The minimum atomic E-state index is -0.566. The third-order valence-corrected chi connectivity index (χ3v) is 5.50. The summed E-state index contributed by atoms with van der Waals surface area (Å²) in [6.07, 6.45) is -0.808. The highest BCUT2D eigenvalue weighted by Crippen LogP contribution is 2.34. The fourth-order valence-corrected chi connectivity index (χ4v) is 3.87. The van der Waals surface area contributed by atoms with Crippen LogP contribution in [0.2, 0.25) is 0 Å². The topological polar surface area (TPSA) is 74.3 Å². The van der Waals surface area contributed by atoms with E-state index in [4.69, 9.17) is 18.9 Å². The van der Waals surface area contributed by atoms with Crippen molar-refractivity contribution in [3.8, 4) is 0 Å². The smallest absolute Gasteiger partial charge is 0.312 e. The van der Waals surface area contributed by atoms with Gasteiger partial charge in [0.1, 0.15) is 0 Å². The van der Waals surface area contributed by atoms with E-state index in [1.807, 2.05) is 92.7 Å². The third-order valence-electron chi connectivity index (χ3n) is 5.50. The molecular weight excluding hydrogens is 470 g/mol. The summed E-state index contributed by atoms with van der Waals surface area (Å²) in [5.41, 5.74) is 4.55. The van der Waals surface area contributed by atoms with Gasteiger partial charge in [-0.25, -0.2) is 0 Å². The van der Waals surface area contributed by atoms with Crippen molar-refractivity contribution in [2.45, 2.75) is 53.1 Å². The van der Waals surface area contributed by atoms with Crippen LogP contribution in [0.25, 0.3) is 0 Å². The van der Waals surface area contributed by atoms with Crippen molar-refractivity contribution in [3.05, 3.63) is 90.0 Å². The van der Waals surface area contributed by atoms with E-state index < -0.39 is 12.6 Å². The van der Waals surface area contributed by atoms with Gasteiger partial charge in [-0.1, -0.05) is 42.5 Å². The summed E-state index contributed by atoms with van der Waals surface area (Å²) in [4.78, 5) is 26.5. The molecule has 3 aromatic rings. The maximum atomic E-state index is 12.2. The average molecular weight is 506 g/mol. The number of esters is 2. The maximum Gasteiger partial charge on any atom is 0.312 e. The van der Waals surface area contributed by atoms with Crippen LogP contribution in [0, 0.1) is 0 Å². The van der Waals surface area contributed by atoms with E-state index in [0.29, 0.717) is 13.2 Å². The highest BCUT2D eigenvalue weighted by molar-refractivity contribution is 5.78. The van der Waals surface area contributed by atoms with Crippen LogP contribution < -0.4 is 4.90 Å². The van der Waals surface area contributed by atoms with E-state index in [2.05, 4.69) is 4.90 Å². The average Bonchev–Trinajstić information content (AvgIpc) is 2.87. The quantitative estimate of drug-likeness (QED) is 0.205. The molecule has 0 fully saturated rings. The first-order chi connectivity index (χ1) is 17.9. The summed E-state index contributed by atoms with van der Waals surface area (Å²) in [5.74, 6) is -0.670. The SMILES string of the molecule is CCOC(C)OC(=O)Cc1ccc(N(c2ccccc2)c2ccc(CC(=O)OC(C)OCC)cc2)cc1.